The van der Waals surface area contributed by atoms with Crippen molar-refractivity contribution in [3.05, 3.63) is 63.3 Å². The molecule has 2 N–H and O–H groups in total. The molecule has 0 radical (unpaired) electrons. The minimum atomic E-state index is -0.223. The third-order valence-corrected chi connectivity index (χ3v) is 4.62. The molecule has 1 aliphatic rings. The monoisotopic (exact) mass is 372 g/mol. The molecule has 25 heavy (non-hydrogen) atoms. The number of aromatic hydroxyl groups is 1. The number of carbonyl (C=O) groups is 1. The van der Waals surface area contributed by atoms with Crippen molar-refractivity contribution in [2.75, 3.05) is 4.90 Å². The summed E-state index contributed by atoms with van der Waals surface area (Å²) in [4.78, 5) is 14.3. The topological polar surface area (TPSA) is 52.6 Å². The zero-order valence-corrected chi connectivity index (χ0v) is 15.6. The van der Waals surface area contributed by atoms with Gasteiger partial charge in [0.2, 0.25) is 0 Å². The SMILES string of the molecule is Cc1cc(Cl)ccc1N1C(=O)/C(=C/c2cc(C)c(O)c(C)c2)NC1=S. The molecule has 1 fully saturated rings. The van der Waals surface area contributed by atoms with Crippen molar-refractivity contribution in [2.45, 2.75) is 20.8 Å². The minimum Gasteiger partial charge on any atom is -0.507 e. The Morgan fingerprint density at radius 1 is 1.12 bits per heavy atom. The van der Waals surface area contributed by atoms with Gasteiger partial charge in [0.05, 0.1) is 5.69 Å². The number of carbonyl (C=O) groups excluding carboxylic acids is 1. The number of hydrogen-bond donors (Lipinski definition) is 2. The van der Waals surface area contributed by atoms with Crippen LogP contribution >= 0.6 is 23.8 Å². The van der Waals surface area contributed by atoms with E-state index in [9.17, 15) is 9.90 Å². The second-order valence-corrected chi connectivity index (χ2v) is 6.89. The van der Waals surface area contributed by atoms with Crippen molar-refractivity contribution in [1.82, 2.24) is 5.32 Å². The lowest BCUT2D eigenvalue weighted by Gasteiger charge is -2.16. The van der Waals surface area contributed by atoms with Gasteiger partial charge in [0.25, 0.3) is 5.91 Å². The fraction of sp³-hybridized carbons (Fsp3) is 0.158. The van der Waals surface area contributed by atoms with E-state index in [2.05, 4.69) is 5.32 Å². The number of halogens is 1. The fourth-order valence-corrected chi connectivity index (χ4v) is 3.38. The Balaban J connectivity index is 1.99. The minimum absolute atomic E-state index is 0.223. The average Bonchev–Trinajstić information content (AvgIpc) is 2.80. The summed E-state index contributed by atoms with van der Waals surface area (Å²) in [7, 11) is 0. The highest BCUT2D eigenvalue weighted by atomic mass is 35.5. The van der Waals surface area contributed by atoms with Gasteiger partial charge in [-0.2, -0.15) is 0 Å². The maximum absolute atomic E-state index is 12.8. The summed E-state index contributed by atoms with van der Waals surface area (Å²) >= 11 is 11.3. The first kappa shape index (κ1) is 17.5. The second kappa shape index (κ2) is 6.50. The maximum atomic E-state index is 12.8. The number of phenolic OH excluding ortho intramolecular Hbond substituents is 1. The van der Waals surface area contributed by atoms with Crippen LogP contribution in [0, 0.1) is 20.8 Å². The lowest BCUT2D eigenvalue weighted by Crippen LogP contribution is -2.30. The molecule has 1 heterocycles. The third kappa shape index (κ3) is 3.25. The molecule has 2 aromatic rings. The molecule has 1 amide bonds. The van der Waals surface area contributed by atoms with Gasteiger partial charge < -0.3 is 10.4 Å². The van der Waals surface area contributed by atoms with E-state index >= 15 is 0 Å². The second-order valence-electron chi connectivity index (χ2n) is 6.06. The molecule has 0 saturated carbocycles. The molecule has 128 valence electrons. The summed E-state index contributed by atoms with van der Waals surface area (Å²) < 4.78 is 0. The number of rotatable bonds is 2. The Morgan fingerprint density at radius 2 is 1.76 bits per heavy atom. The molecular weight excluding hydrogens is 356 g/mol. The van der Waals surface area contributed by atoms with Gasteiger partial charge in [-0.05, 0) is 91.7 Å². The summed E-state index contributed by atoms with van der Waals surface area (Å²) in [6, 6.07) is 8.95. The number of phenols is 1. The first-order valence-electron chi connectivity index (χ1n) is 7.71. The molecule has 6 heteroatoms. The standard InChI is InChI=1S/C19H17ClN2O2S/c1-10-8-14(20)4-5-16(10)22-18(24)15(21-19(22)25)9-13-6-11(2)17(23)12(3)7-13/h4-9,23H,1-3H3,(H,21,25)/b15-9-. The summed E-state index contributed by atoms with van der Waals surface area (Å²) in [5, 5.41) is 13.8. The third-order valence-electron chi connectivity index (χ3n) is 4.10. The largest absolute Gasteiger partial charge is 0.507 e. The predicted molar refractivity (Wildman–Crippen MR) is 105 cm³/mol. The summed E-state index contributed by atoms with van der Waals surface area (Å²) in [6.45, 7) is 5.52. The molecule has 2 aromatic carbocycles. The molecule has 0 bridgehead atoms. The molecule has 3 rings (SSSR count). The van der Waals surface area contributed by atoms with Crippen molar-refractivity contribution in [3.8, 4) is 5.75 Å². The summed E-state index contributed by atoms with van der Waals surface area (Å²) in [5.41, 5.74) is 4.29. The number of amides is 1. The fourth-order valence-electron chi connectivity index (χ4n) is 2.86. The number of thiocarbonyl (C=S) groups is 1. The predicted octanol–water partition coefficient (Wildman–Crippen LogP) is 4.23. The van der Waals surface area contributed by atoms with Gasteiger partial charge in [-0.15, -0.1) is 0 Å². The van der Waals surface area contributed by atoms with Crippen LogP contribution in [0.5, 0.6) is 5.75 Å². The van der Waals surface area contributed by atoms with E-state index in [0.29, 0.717) is 21.5 Å². The molecule has 0 unspecified atom stereocenters. The van der Waals surface area contributed by atoms with Crippen LogP contribution in [0.3, 0.4) is 0 Å². The number of anilines is 1. The van der Waals surface area contributed by atoms with E-state index in [0.717, 1.165) is 22.3 Å². The molecule has 0 aromatic heterocycles. The number of nitrogens with zero attached hydrogens (tertiary/aromatic N) is 1. The van der Waals surface area contributed by atoms with Crippen molar-refractivity contribution in [3.63, 3.8) is 0 Å². The van der Waals surface area contributed by atoms with Crippen LogP contribution in [-0.4, -0.2) is 16.1 Å². The zero-order valence-electron chi connectivity index (χ0n) is 14.1. The van der Waals surface area contributed by atoms with Gasteiger partial charge in [-0.25, -0.2) is 0 Å². The number of aryl methyl sites for hydroxylation is 3. The van der Waals surface area contributed by atoms with Crippen molar-refractivity contribution < 1.29 is 9.90 Å². The number of nitrogens with one attached hydrogen (secondary N) is 1. The Bertz CT molecular complexity index is 914. The van der Waals surface area contributed by atoms with Crippen LogP contribution in [0.2, 0.25) is 5.02 Å². The highest BCUT2D eigenvalue weighted by Gasteiger charge is 2.32. The van der Waals surface area contributed by atoms with Crippen LogP contribution in [0.1, 0.15) is 22.3 Å². The van der Waals surface area contributed by atoms with Crippen molar-refractivity contribution >= 4 is 46.6 Å². The number of hydrogen-bond acceptors (Lipinski definition) is 3. The van der Waals surface area contributed by atoms with E-state index in [1.165, 1.54) is 4.90 Å². The van der Waals surface area contributed by atoms with Crippen LogP contribution in [0.25, 0.3) is 6.08 Å². The summed E-state index contributed by atoms with van der Waals surface area (Å²) in [5.74, 6) is 0.0422. The Morgan fingerprint density at radius 3 is 2.36 bits per heavy atom. The van der Waals surface area contributed by atoms with Gasteiger partial charge in [-0.3, -0.25) is 9.69 Å². The lowest BCUT2D eigenvalue weighted by molar-refractivity contribution is -0.113. The van der Waals surface area contributed by atoms with Gasteiger partial charge in [0.15, 0.2) is 5.11 Å². The molecule has 0 atom stereocenters. The Hall–Kier alpha value is -2.37. The normalized spacial score (nSPS) is 15.8. The molecule has 4 nitrogen and oxygen atoms in total. The van der Waals surface area contributed by atoms with Crippen LogP contribution in [0.4, 0.5) is 5.69 Å². The van der Waals surface area contributed by atoms with Gasteiger partial charge in [0, 0.05) is 5.02 Å². The average molecular weight is 373 g/mol. The Kier molecular flexibility index (Phi) is 4.54. The molecule has 1 saturated heterocycles. The molecular formula is C19H17ClN2O2S. The molecule has 0 aliphatic carbocycles. The maximum Gasteiger partial charge on any atom is 0.281 e. The summed E-state index contributed by atoms with van der Waals surface area (Å²) in [6.07, 6.45) is 1.74. The van der Waals surface area contributed by atoms with Crippen LogP contribution in [-0.2, 0) is 4.79 Å². The lowest BCUT2D eigenvalue weighted by atomic mass is 10.0. The highest BCUT2D eigenvalue weighted by Crippen LogP contribution is 2.29. The van der Waals surface area contributed by atoms with Crippen molar-refractivity contribution in [2.24, 2.45) is 0 Å². The highest BCUT2D eigenvalue weighted by molar-refractivity contribution is 7.80. The van der Waals surface area contributed by atoms with Crippen LogP contribution in [0.15, 0.2) is 36.0 Å². The van der Waals surface area contributed by atoms with Crippen molar-refractivity contribution in [1.29, 1.82) is 0 Å². The van der Waals surface area contributed by atoms with Gasteiger partial charge >= 0.3 is 0 Å². The van der Waals surface area contributed by atoms with E-state index in [1.807, 2.05) is 32.9 Å². The van der Waals surface area contributed by atoms with E-state index in [1.54, 1.807) is 24.3 Å². The number of benzene rings is 2. The Labute approximate surface area is 156 Å². The smallest absolute Gasteiger partial charge is 0.281 e. The first-order valence-corrected chi connectivity index (χ1v) is 8.50. The molecule has 0 spiro atoms. The van der Waals surface area contributed by atoms with E-state index in [-0.39, 0.29) is 11.7 Å². The first-order chi connectivity index (χ1) is 11.8. The zero-order chi connectivity index (χ0) is 18.3. The van der Waals surface area contributed by atoms with E-state index < -0.39 is 0 Å². The van der Waals surface area contributed by atoms with E-state index in [4.69, 9.17) is 23.8 Å². The van der Waals surface area contributed by atoms with Gasteiger partial charge in [-0.1, -0.05) is 11.6 Å². The molecule has 1 aliphatic heterocycles. The quantitative estimate of drug-likeness (QED) is 0.611. The van der Waals surface area contributed by atoms with Crippen LogP contribution < -0.4 is 10.2 Å². The van der Waals surface area contributed by atoms with Gasteiger partial charge in [0.1, 0.15) is 11.4 Å².